The predicted molar refractivity (Wildman–Crippen MR) is 144 cm³/mol. The van der Waals surface area contributed by atoms with E-state index in [9.17, 15) is 0 Å². The zero-order chi connectivity index (χ0) is 23.5. The third-order valence-electron chi connectivity index (χ3n) is 7.71. The summed E-state index contributed by atoms with van der Waals surface area (Å²) in [6.07, 6.45) is 0. The Labute approximate surface area is 196 Å². The van der Waals surface area contributed by atoms with E-state index in [1.807, 2.05) is 0 Å². The summed E-state index contributed by atoms with van der Waals surface area (Å²) in [6, 6.07) is 14.8. The van der Waals surface area contributed by atoms with E-state index in [0.29, 0.717) is 24.5 Å². The van der Waals surface area contributed by atoms with E-state index >= 15 is 0 Å². The van der Waals surface area contributed by atoms with Gasteiger partial charge in [0.2, 0.25) is 6.71 Å². The van der Waals surface area contributed by atoms with E-state index in [-0.39, 0.29) is 0 Å². The van der Waals surface area contributed by atoms with Gasteiger partial charge >= 0.3 is 0 Å². The Morgan fingerprint density at radius 3 is 1.22 bits per heavy atom. The Kier molecular flexibility index (Phi) is 5.91. The van der Waals surface area contributed by atoms with Crippen LogP contribution in [0.1, 0.15) is 98.2 Å². The van der Waals surface area contributed by atoms with Crippen LogP contribution in [0.25, 0.3) is 11.1 Å². The van der Waals surface area contributed by atoms with Gasteiger partial charge in [-0.05, 0) is 95.5 Å². The maximum atomic E-state index is 2.51. The molecule has 0 saturated carbocycles. The van der Waals surface area contributed by atoms with Crippen LogP contribution in [0.15, 0.2) is 36.4 Å². The lowest BCUT2D eigenvalue weighted by Crippen LogP contribution is -2.52. The molecule has 166 valence electrons. The van der Waals surface area contributed by atoms with Gasteiger partial charge in [-0.25, -0.2) is 0 Å². The van der Waals surface area contributed by atoms with Crippen molar-refractivity contribution in [1.82, 2.24) is 0 Å². The van der Waals surface area contributed by atoms with Crippen molar-refractivity contribution >= 4 is 23.1 Å². The molecule has 3 aromatic carbocycles. The van der Waals surface area contributed by atoms with Crippen LogP contribution in [0.2, 0.25) is 0 Å². The van der Waals surface area contributed by atoms with E-state index in [1.165, 1.54) is 61.0 Å². The minimum absolute atomic E-state index is 0.314. The second-order valence-electron chi connectivity index (χ2n) is 11.1. The molecule has 0 radical (unpaired) electrons. The lowest BCUT2D eigenvalue weighted by atomic mass is 9.36. The topological polar surface area (TPSA) is 0 Å². The van der Waals surface area contributed by atoms with Crippen molar-refractivity contribution in [2.24, 2.45) is 0 Å². The molecule has 0 amide bonds. The fraction of sp³-hybridized carbons (Fsp3) is 0.419. The first-order valence-corrected chi connectivity index (χ1v) is 12.4. The van der Waals surface area contributed by atoms with Gasteiger partial charge in [0, 0.05) is 0 Å². The van der Waals surface area contributed by atoms with Gasteiger partial charge in [-0.3, -0.25) is 0 Å². The van der Waals surface area contributed by atoms with Crippen LogP contribution >= 0.6 is 0 Å². The maximum absolute atomic E-state index is 2.51. The predicted octanol–water partition coefficient (Wildman–Crippen LogP) is 6.79. The van der Waals surface area contributed by atoms with Crippen LogP contribution < -0.4 is 16.4 Å². The third kappa shape index (κ3) is 3.64. The van der Waals surface area contributed by atoms with E-state index in [1.54, 1.807) is 5.46 Å². The molecule has 0 bridgehead atoms. The molecule has 1 aliphatic heterocycles. The van der Waals surface area contributed by atoms with Gasteiger partial charge < -0.3 is 0 Å². The average Bonchev–Trinajstić information content (AvgIpc) is 2.99. The zero-order valence-electron chi connectivity index (χ0n) is 21.8. The van der Waals surface area contributed by atoms with Gasteiger partial charge in [0.05, 0.1) is 0 Å². The molecule has 0 spiro atoms. The van der Waals surface area contributed by atoms with Crippen LogP contribution in [-0.2, 0) is 0 Å². The normalized spacial score (nSPS) is 12.8. The van der Waals surface area contributed by atoms with Crippen molar-refractivity contribution in [3.63, 3.8) is 0 Å². The molecule has 0 unspecified atom stereocenters. The van der Waals surface area contributed by atoms with E-state index in [2.05, 4.69) is 106 Å². The molecule has 0 aliphatic carbocycles. The van der Waals surface area contributed by atoms with Gasteiger partial charge in [-0.2, -0.15) is 0 Å². The Morgan fingerprint density at radius 1 is 0.500 bits per heavy atom. The molecule has 1 aliphatic rings. The fourth-order valence-corrected chi connectivity index (χ4v) is 5.44. The minimum atomic E-state index is 0.314. The van der Waals surface area contributed by atoms with Crippen molar-refractivity contribution in [2.45, 2.75) is 87.0 Å². The van der Waals surface area contributed by atoms with E-state index < -0.39 is 0 Å². The molecule has 0 fully saturated rings. The first-order chi connectivity index (χ1) is 15.0. The van der Waals surface area contributed by atoms with Gasteiger partial charge in [-0.15, -0.1) is 0 Å². The summed E-state index contributed by atoms with van der Waals surface area (Å²) in [5.41, 5.74) is 17.5. The molecule has 1 heteroatoms. The van der Waals surface area contributed by atoms with Gasteiger partial charge in [0.1, 0.15) is 0 Å². The highest BCUT2D eigenvalue weighted by Crippen LogP contribution is 2.32. The Hall–Kier alpha value is -2.28. The molecule has 32 heavy (non-hydrogen) atoms. The Balaban J connectivity index is 2.13. The summed E-state index contributed by atoms with van der Waals surface area (Å²) >= 11 is 0. The molecule has 3 aromatic rings. The molecular weight excluding hydrogens is 383 g/mol. The maximum Gasteiger partial charge on any atom is 0.243 e. The number of hydrogen-bond donors (Lipinski definition) is 0. The van der Waals surface area contributed by atoms with Gasteiger partial charge in [0.25, 0.3) is 0 Å². The highest BCUT2D eigenvalue weighted by atomic mass is 14.3. The highest BCUT2D eigenvalue weighted by Gasteiger charge is 2.37. The lowest BCUT2D eigenvalue weighted by molar-refractivity contribution is 0.812. The molecule has 4 rings (SSSR count). The quantitative estimate of drug-likeness (QED) is 0.318. The summed E-state index contributed by atoms with van der Waals surface area (Å²) in [4.78, 5) is 0. The van der Waals surface area contributed by atoms with Crippen molar-refractivity contribution < 1.29 is 0 Å². The first kappa shape index (κ1) is 22.9. The minimum Gasteiger partial charge on any atom is -0.0632 e. The Bertz CT molecular complexity index is 1110. The molecular formula is C31H39B. The van der Waals surface area contributed by atoms with E-state index in [4.69, 9.17) is 0 Å². The number of fused-ring (bicyclic) bond motifs is 3. The van der Waals surface area contributed by atoms with E-state index in [0.717, 1.165) is 0 Å². The fourth-order valence-electron chi connectivity index (χ4n) is 5.44. The van der Waals surface area contributed by atoms with Crippen molar-refractivity contribution in [2.75, 3.05) is 0 Å². The number of benzene rings is 3. The molecule has 0 saturated heterocycles. The van der Waals surface area contributed by atoms with Crippen LogP contribution in [-0.4, -0.2) is 6.71 Å². The molecule has 0 atom stereocenters. The smallest absolute Gasteiger partial charge is 0.0632 e. The zero-order valence-corrected chi connectivity index (χ0v) is 21.8. The van der Waals surface area contributed by atoms with Crippen LogP contribution in [0, 0.1) is 27.7 Å². The summed E-state index contributed by atoms with van der Waals surface area (Å²) in [6.45, 7) is 23.4. The third-order valence-corrected chi connectivity index (χ3v) is 7.71. The van der Waals surface area contributed by atoms with Crippen LogP contribution in [0.5, 0.6) is 0 Å². The SMILES string of the molecule is Cc1cc2c(cc1C)-c1cc(C)c(C)cc1B2c1c(C(C)C)cc(C(C)C)cc1C(C)C. The monoisotopic (exact) mass is 422 g/mol. The highest BCUT2D eigenvalue weighted by molar-refractivity contribution is 6.99. The summed E-state index contributed by atoms with van der Waals surface area (Å²) in [5, 5.41) is 0. The van der Waals surface area contributed by atoms with Gasteiger partial charge in [0.15, 0.2) is 0 Å². The standard InChI is InChI=1S/C31H39B/c1-17(2)24-15-25(18(3)4)31(26(16-24)19(5)6)32-29-13-22(9)20(7)11-27(29)28-12-21(8)23(10)14-30(28)32/h11-19H,1-10H3. The van der Waals surface area contributed by atoms with Crippen molar-refractivity contribution in [3.05, 3.63) is 75.3 Å². The summed E-state index contributed by atoms with van der Waals surface area (Å²) < 4.78 is 0. The lowest BCUT2D eigenvalue weighted by Gasteiger charge is -2.27. The summed E-state index contributed by atoms with van der Waals surface area (Å²) in [5.74, 6) is 1.52. The molecule has 0 nitrogen and oxygen atoms in total. The van der Waals surface area contributed by atoms with Crippen LogP contribution in [0.4, 0.5) is 0 Å². The molecule has 0 N–H and O–H groups in total. The van der Waals surface area contributed by atoms with Crippen LogP contribution in [0.3, 0.4) is 0 Å². The molecule has 0 aromatic heterocycles. The average molecular weight is 422 g/mol. The molecule has 1 heterocycles. The van der Waals surface area contributed by atoms with Gasteiger partial charge in [-0.1, -0.05) is 94.3 Å². The van der Waals surface area contributed by atoms with Crippen molar-refractivity contribution in [1.29, 1.82) is 0 Å². The largest absolute Gasteiger partial charge is 0.243 e. The van der Waals surface area contributed by atoms with Crippen molar-refractivity contribution in [3.8, 4) is 11.1 Å². The number of rotatable bonds is 4. The second-order valence-corrected chi connectivity index (χ2v) is 11.1. The number of hydrogen-bond acceptors (Lipinski definition) is 0. The summed E-state index contributed by atoms with van der Waals surface area (Å²) in [7, 11) is 0. The number of aryl methyl sites for hydroxylation is 4. The second kappa shape index (κ2) is 8.25. The Morgan fingerprint density at radius 2 is 0.875 bits per heavy atom. The first-order valence-electron chi connectivity index (χ1n) is 12.4.